The second-order valence-electron chi connectivity index (χ2n) is 4.44. The molecule has 0 heterocycles. The van der Waals surface area contributed by atoms with Crippen molar-refractivity contribution in [3.8, 4) is 0 Å². The molecule has 0 atom stereocenters. The van der Waals surface area contributed by atoms with Crippen LogP contribution in [0.15, 0.2) is 24.3 Å². The van der Waals surface area contributed by atoms with E-state index in [9.17, 15) is 10.1 Å². The summed E-state index contributed by atoms with van der Waals surface area (Å²) in [7, 11) is 0. The van der Waals surface area contributed by atoms with Gasteiger partial charge in [0, 0.05) is 24.8 Å². The molecule has 0 unspecified atom stereocenters. The molecule has 0 fully saturated rings. The highest BCUT2D eigenvalue weighted by Gasteiger charge is 2.03. The van der Waals surface area contributed by atoms with E-state index >= 15 is 0 Å². The maximum Gasteiger partial charge on any atom is 0.269 e. The van der Waals surface area contributed by atoms with Gasteiger partial charge in [-0.15, -0.1) is 0 Å². The van der Waals surface area contributed by atoms with Crippen molar-refractivity contribution in [3.63, 3.8) is 0 Å². The first kappa shape index (κ1) is 14.6. The molecule has 5 heteroatoms. The van der Waals surface area contributed by atoms with Gasteiger partial charge in [0.15, 0.2) is 0 Å². The van der Waals surface area contributed by atoms with Gasteiger partial charge < -0.3 is 10.1 Å². The van der Waals surface area contributed by atoms with Crippen molar-refractivity contribution >= 4 is 5.69 Å². The zero-order valence-corrected chi connectivity index (χ0v) is 10.9. The summed E-state index contributed by atoms with van der Waals surface area (Å²) in [5, 5.41) is 13.8. The number of non-ortho nitro benzene ring substituents is 1. The Morgan fingerprint density at radius 3 is 2.56 bits per heavy atom. The first-order valence-electron chi connectivity index (χ1n) is 6.14. The number of rotatable bonds is 8. The van der Waals surface area contributed by atoms with E-state index in [1.165, 1.54) is 12.1 Å². The van der Waals surface area contributed by atoms with Crippen LogP contribution in [0.25, 0.3) is 0 Å². The average Bonchev–Trinajstić information content (AvgIpc) is 2.34. The molecular formula is C13H20N2O3. The first-order chi connectivity index (χ1) is 8.59. The van der Waals surface area contributed by atoms with Gasteiger partial charge in [0.1, 0.15) is 0 Å². The van der Waals surface area contributed by atoms with Gasteiger partial charge in [-0.2, -0.15) is 0 Å². The molecule has 18 heavy (non-hydrogen) atoms. The molecule has 0 amide bonds. The molecule has 0 aromatic heterocycles. The van der Waals surface area contributed by atoms with Crippen molar-refractivity contribution in [3.05, 3.63) is 39.9 Å². The van der Waals surface area contributed by atoms with Gasteiger partial charge in [0.2, 0.25) is 0 Å². The van der Waals surface area contributed by atoms with E-state index in [4.69, 9.17) is 4.74 Å². The summed E-state index contributed by atoms with van der Waals surface area (Å²) in [4.78, 5) is 10.1. The SMILES string of the molecule is CC(C)NCCCOCc1ccc([N+](=O)[O-])cc1. The molecule has 0 aliphatic rings. The summed E-state index contributed by atoms with van der Waals surface area (Å²) in [6, 6.07) is 6.95. The molecule has 5 nitrogen and oxygen atoms in total. The number of ether oxygens (including phenoxy) is 1. The molecule has 0 saturated carbocycles. The van der Waals surface area contributed by atoms with Crippen LogP contribution < -0.4 is 5.32 Å². The van der Waals surface area contributed by atoms with Crippen molar-refractivity contribution in [1.82, 2.24) is 5.32 Å². The van der Waals surface area contributed by atoms with Crippen molar-refractivity contribution in [2.75, 3.05) is 13.2 Å². The minimum atomic E-state index is -0.401. The third kappa shape index (κ3) is 5.75. The van der Waals surface area contributed by atoms with Gasteiger partial charge in [-0.25, -0.2) is 0 Å². The fourth-order valence-corrected chi connectivity index (χ4v) is 1.47. The number of hydrogen-bond donors (Lipinski definition) is 1. The minimum absolute atomic E-state index is 0.111. The van der Waals surface area contributed by atoms with Crippen LogP contribution in [-0.2, 0) is 11.3 Å². The van der Waals surface area contributed by atoms with Crippen LogP contribution in [0.3, 0.4) is 0 Å². The van der Waals surface area contributed by atoms with E-state index in [0.717, 1.165) is 18.5 Å². The monoisotopic (exact) mass is 252 g/mol. The Morgan fingerprint density at radius 1 is 1.33 bits per heavy atom. The minimum Gasteiger partial charge on any atom is -0.377 e. The quantitative estimate of drug-likeness (QED) is 0.438. The summed E-state index contributed by atoms with van der Waals surface area (Å²) in [6.07, 6.45) is 0.963. The second kappa shape index (κ2) is 7.79. The molecule has 1 rings (SSSR count). The molecule has 1 aromatic rings. The Morgan fingerprint density at radius 2 is 2.00 bits per heavy atom. The largest absolute Gasteiger partial charge is 0.377 e. The molecule has 0 saturated heterocycles. The van der Waals surface area contributed by atoms with Crippen molar-refractivity contribution < 1.29 is 9.66 Å². The number of nitro groups is 1. The molecule has 0 aliphatic heterocycles. The maximum absolute atomic E-state index is 10.5. The predicted octanol–water partition coefficient (Wildman–Crippen LogP) is 2.50. The molecular weight excluding hydrogens is 232 g/mol. The van der Waals surface area contributed by atoms with E-state index in [1.54, 1.807) is 12.1 Å². The van der Waals surface area contributed by atoms with Crippen LogP contribution in [0.4, 0.5) is 5.69 Å². The van der Waals surface area contributed by atoms with Crippen LogP contribution in [0.1, 0.15) is 25.8 Å². The van der Waals surface area contributed by atoms with Crippen LogP contribution in [0.2, 0.25) is 0 Å². The van der Waals surface area contributed by atoms with Gasteiger partial charge >= 0.3 is 0 Å². The topological polar surface area (TPSA) is 64.4 Å². The van der Waals surface area contributed by atoms with E-state index in [0.29, 0.717) is 19.3 Å². The number of nitrogens with zero attached hydrogens (tertiary/aromatic N) is 1. The van der Waals surface area contributed by atoms with Gasteiger partial charge in [-0.3, -0.25) is 10.1 Å². The zero-order chi connectivity index (χ0) is 13.4. The van der Waals surface area contributed by atoms with Gasteiger partial charge in [0.25, 0.3) is 5.69 Å². The number of benzene rings is 1. The highest BCUT2D eigenvalue weighted by Crippen LogP contribution is 2.12. The van der Waals surface area contributed by atoms with Crippen LogP contribution in [-0.4, -0.2) is 24.1 Å². The third-order valence-electron chi connectivity index (χ3n) is 2.43. The smallest absolute Gasteiger partial charge is 0.269 e. The maximum atomic E-state index is 10.5. The summed E-state index contributed by atoms with van der Waals surface area (Å²) < 4.78 is 5.49. The van der Waals surface area contributed by atoms with E-state index in [-0.39, 0.29) is 5.69 Å². The molecule has 100 valence electrons. The molecule has 0 aliphatic carbocycles. The summed E-state index contributed by atoms with van der Waals surface area (Å²) in [5.41, 5.74) is 1.07. The first-order valence-corrected chi connectivity index (χ1v) is 6.14. The lowest BCUT2D eigenvalue weighted by Crippen LogP contribution is -2.24. The lowest BCUT2D eigenvalue weighted by Gasteiger charge is -2.08. The summed E-state index contributed by atoms with van der Waals surface area (Å²) in [6.45, 7) is 6.35. The van der Waals surface area contributed by atoms with Crippen molar-refractivity contribution in [2.24, 2.45) is 0 Å². The fourth-order valence-electron chi connectivity index (χ4n) is 1.47. The van der Waals surface area contributed by atoms with E-state index in [2.05, 4.69) is 19.2 Å². The molecule has 1 aromatic carbocycles. The Hall–Kier alpha value is -1.46. The average molecular weight is 252 g/mol. The lowest BCUT2D eigenvalue weighted by atomic mass is 10.2. The van der Waals surface area contributed by atoms with E-state index < -0.39 is 4.92 Å². The highest BCUT2D eigenvalue weighted by molar-refractivity contribution is 5.32. The number of nitro benzene ring substituents is 1. The highest BCUT2D eigenvalue weighted by atomic mass is 16.6. The van der Waals surface area contributed by atoms with Gasteiger partial charge in [0.05, 0.1) is 11.5 Å². The molecule has 0 radical (unpaired) electrons. The summed E-state index contributed by atoms with van der Waals surface area (Å²) in [5.74, 6) is 0. The van der Waals surface area contributed by atoms with E-state index in [1.807, 2.05) is 0 Å². The Balaban J connectivity index is 2.17. The lowest BCUT2D eigenvalue weighted by molar-refractivity contribution is -0.384. The van der Waals surface area contributed by atoms with Crippen molar-refractivity contribution in [1.29, 1.82) is 0 Å². The standard InChI is InChI=1S/C13H20N2O3/c1-11(2)14-8-3-9-18-10-12-4-6-13(7-5-12)15(16)17/h4-7,11,14H,3,8-10H2,1-2H3. The predicted molar refractivity (Wildman–Crippen MR) is 70.5 cm³/mol. The van der Waals surface area contributed by atoms with Crippen LogP contribution >= 0.6 is 0 Å². The zero-order valence-electron chi connectivity index (χ0n) is 10.9. The van der Waals surface area contributed by atoms with Gasteiger partial charge in [-0.05, 0) is 30.7 Å². The fraction of sp³-hybridized carbons (Fsp3) is 0.538. The molecule has 1 N–H and O–H groups in total. The second-order valence-corrected chi connectivity index (χ2v) is 4.44. The third-order valence-corrected chi connectivity index (χ3v) is 2.43. The van der Waals surface area contributed by atoms with Crippen molar-refractivity contribution in [2.45, 2.75) is 32.9 Å². The van der Waals surface area contributed by atoms with Crippen LogP contribution in [0.5, 0.6) is 0 Å². The molecule has 0 bridgehead atoms. The Bertz CT molecular complexity index is 363. The van der Waals surface area contributed by atoms with Crippen LogP contribution in [0, 0.1) is 10.1 Å². The summed E-state index contributed by atoms with van der Waals surface area (Å²) >= 11 is 0. The Kier molecular flexibility index (Phi) is 6.32. The van der Waals surface area contributed by atoms with Gasteiger partial charge in [-0.1, -0.05) is 13.8 Å². The number of hydrogen-bond acceptors (Lipinski definition) is 4. The number of nitrogens with one attached hydrogen (secondary N) is 1. The Labute approximate surface area is 107 Å². The molecule has 0 spiro atoms. The normalized spacial score (nSPS) is 10.8.